The molecule has 290 valence electrons. The van der Waals surface area contributed by atoms with Gasteiger partial charge in [-0.25, -0.2) is 4.79 Å². The van der Waals surface area contributed by atoms with E-state index in [4.69, 9.17) is 14.2 Å². The van der Waals surface area contributed by atoms with E-state index >= 15 is 0 Å². The Morgan fingerprint density at radius 3 is 1.56 bits per heavy atom. The van der Waals surface area contributed by atoms with Crippen LogP contribution < -0.4 is 0 Å². The quantitative estimate of drug-likeness (QED) is 0.0329. The molecule has 0 heterocycles. The molecular weight excluding hydrogens is 654 g/mol. The van der Waals surface area contributed by atoms with Gasteiger partial charge in [0.15, 0.2) is 12.1 Å². The number of aliphatic carboxylic acids is 1. The highest BCUT2D eigenvalue weighted by atomic mass is 16.6. The summed E-state index contributed by atoms with van der Waals surface area (Å²) >= 11 is 0. The number of hydrogen-bond acceptors (Lipinski definition) is 6. The molecule has 0 radical (unpaired) electrons. The largest absolute Gasteiger partial charge is 0.477 e. The molecule has 8 nitrogen and oxygen atoms in total. The summed E-state index contributed by atoms with van der Waals surface area (Å²) in [6.45, 7) is 4.30. The van der Waals surface area contributed by atoms with Gasteiger partial charge in [0.1, 0.15) is 6.61 Å². The maximum Gasteiger partial charge on any atom is 0.362 e. The second-order valence-corrected chi connectivity index (χ2v) is 13.3. The molecule has 0 rings (SSSR count). The van der Waals surface area contributed by atoms with Crippen molar-refractivity contribution in [1.82, 2.24) is 0 Å². The number of quaternary nitrogens is 1. The van der Waals surface area contributed by atoms with Gasteiger partial charge in [0.25, 0.3) is 0 Å². The number of likely N-dealkylation sites (N-methyl/N-ethyl adjacent to an activating group) is 1. The minimum absolute atomic E-state index is 0.0200. The van der Waals surface area contributed by atoms with Crippen molar-refractivity contribution in [3.8, 4) is 0 Å². The molecule has 2 unspecified atom stereocenters. The number of ether oxygens (including phenoxy) is 3. The van der Waals surface area contributed by atoms with Crippen molar-refractivity contribution >= 4 is 17.9 Å². The van der Waals surface area contributed by atoms with Gasteiger partial charge in [-0.2, -0.15) is 0 Å². The molecule has 8 heteroatoms. The molecule has 0 aromatic rings. The smallest absolute Gasteiger partial charge is 0.362 e. The van der Waals surface area contributed by atoms with E-state index in [9.17, 15) is 19.5 Å². The van der Waals surface area contributed by atoms with Crippen molar-refractivity contribution in [2.45, 2.75) is 109 Å². The van der Waals surface area contributed by atoms with Crippen LogP contribution in [0, 0.1) is 0 Å². The van der Waals surface area contributed by atoms with E-state index in [-0.39, 0.29) is 49.1 Å². The third-order valence-corrected chi connectivity index (χ3v) is 7.64. The van der Waals surface area contributed by atoms with Crippen LogP contribution in [0.5, 0.6) is 0 Å². The SMILES string of the molecule is CC/C=C/C=C/C=C/C=C/C=C/CCCC(=O)OCC(COCCC(C(=O)O)[N+](C)(C)C)OC(=O)CCCCCCC/C=C/C=C/C=C/C=C/CC. The van der Waals surface area contributed by atoms with E-state index in [1.165, 1.54) is 0 Å². The molecule has 0 aliphatic rings. The van der Waals surface area contributed by atoms with E-state index in [0.29, 0.717) is 12.8 Å². The fraction of sp³-hybridized carbons (Fsp3) is 0.523. The molecule has 52 heavy (non-hydrogen) atoms. The van der Waals surface area contributed by atoms with Gasteiger partial charge >= 0.3 is 17.9 Å². The summed E-state index contributed by atoms with van der Waals surface area (Å²) in [7, 11) is 5.47. The molecule has 0 aromatic carbocycles. The fourth-order valence-corrected chi connectivity index (χ4v) is 4.72. The van der Waals surface area contributed by atoms with Crippen molar-refractivity contribution in [3.05, 3.63) is 109 Å². The van der Waals surface area contributed by atoms with E-state index in [2.05, 4.69) is 38.2 Å². The molecule has 0 aliphatic carbocycles. The summed E-state index contributed by atoms with van der Waals surface area (Å²) in [6, 6.07) is -0.636. The van der Waals surface area contributed by atoms with Gasteiger partial charge in [-0.1, -0.05) is 142 Å². The van der Waals surface area contributed by atoms with Crippen molar-refractivity contribution in [2.75, 3.05) is 41.0 Å². The maximum absolute atomic E-state index is 12.7. The monoisotopic (exact) mass is 722 g/mol. The molecule has 0 spiro atoms. The number of allylic oxidation sites excluding steroid dienone is 18. The van der Waals surface area contributed by atoms with Crippen LogP contribution >= 0.6 is 0 Å². The zero-order valence-corrected chi connectivity index (χ0v) is 32.7. The number of hydrogen-bond donors (Lipinski definition) is 1. The number of carbonyl (C=O) groups is 3. The summed E-state index contributed by atoms with van der Waals surface area (Å²) in [5.41, 5.74) is 0. The van der Waals surface area contributed by atoms with Crippen molar-refractivity contribution in [2.24, 2.45) is 0 Å². The summed E-state index contributed by atoms with van der Waals surface area (Å²) < 4.78 is 17.1. The van der Waals surface area contributed by atoms with E-state index in [1.807, 2.05) is 106 Å². The van der Waals surface area contributed by atoms with Crippen molar-refractivity contribution < 1.29 is 38.2 Å². The molecule has 0 aromatic heterocycles. The maximum atomic E-state index is 12.7. The second-order valence-electron chi connectivity index (χ2n) is 13.3. The lowest BCUT2D eigenvalue weighted by Gasteiger charge is -2.31. The first-order valence-electron chi connectivity index (χ1n) is 19.0. The Morgan fingerprint density at radius 1 is 0.577 bits per heavy atom. The highest BCUT2D eigenvalue weighted by Crippen LogP contribution is 2.11. The summed E-state index contributed by atoms with van der Waals surface area (Å²) in [4.78, 5) is 36.8. The van der Waals surface area contributed by atoms with Crippen LogP contribution in [0.3, 0.4) is 0 Å². The van der Waals surface area contributed by atoms with Gasteiger partial charge in [0.05, 0.1) is 34.4 Å². The number of nitrogens with zero attached hydrogens (tertiary/aromatic N) is 1. The Balaban J connectivity index is 4.62. The van der Waals surface area contributed by atoms with E-state index in [0.717, 1.165) is 57.8 Å². The van der Waals surface area contributed by atoms with Gasteiger partial charge in [0.2, 0.25) is 0 Å². The van der Waals surface area contributed by atoms with Gasteiger partial charge in [-0.3, -0.25) is 9.59 Å². The first-order chi connectivity index (χ1) is 25.1. The first kappa shape index (κ1) is 48.0. The molecular formula is C44H68NO7+. The summed E-state index contributed by atoms with van der Waals surface area (Å²) in [5.74, 6) is -1.62. The molecule has 0 bridgehead atoms. The third kappa shape index (κ3) is 31.9. The Morgan fingerprint density at radius 2 is 1.04 bits per heavy atom. The normalized spacial score (nSPS) is 14.2. The number of esters is 2. The predicted molar refractivity (Wildman–Crippen MR) is 215 cm³/mol. The number of rotatable bonds is 31. The molecule has 0 amide bonds. The standard InChI is InChI=1S/C44H67NO7/c1-6-8-10-12-14-16-18-20-21-23-25-27-29-31-33-35-43(47)52-40(38-50-37-36-41(44(48)49)45(3,4)5)39-51-42(46)34-32-30-28-26-24-22-19-17-15-13-11-9-7-2/h8-22,24,26,28,40-41H,6-7,23,25,27,29-39H2,1-5H3/p+1/b10-8+,11-9+,14-12+,15-13+,18-16+,19-17+,21-20+,24-22+,28-26+. The zero-order chi connectivity index (χ0) is 38.5. The molecule has 2 atom stereocenters. The van der Waals surface area contributed by atoms with Crippen LogP contribution in [0.15, 0.2) is 109 Å². The topological polar surface area (TPSA) is 99.1 Å². The molecule has 0 aliphatic heterocycles. The number of carboxylic acid groups (broad SMARTS) is 1. The highest BCUT2D eigenvalue weighted by molar-refractivity contribution is 5.72. The van der Waals surface area contributed by atoms with Crippen molar-refractivity contribution in [1.29, 1.82) is 0 Å². The number of unbranched alkanes of at least 4 members (excludes halogenated alkanes) is 6. The molecule has 0 saturated carbocycles. The van der Waals surface area contributed by atoms with Crippen LogP contribution in [-0.4, -0.2) is 80.6 Å². The Labute approximate surface area is 315 Å². The molecule has 0 fully saturated rings. The van der Waals surface area contributed by atoms with Crippen LogP contribution in [0.2, 0.25) is 0 Å². The van der Waals surface area contributed by atoms with Gasteiger partial charge in [0, 0.05) is 19.3 Å². The summed E-state index contributed by atoms with van der Waals surface area (Å²) in [5, 5.41) is 9.58. The molecule has 1 N–H and O–H groups in total. The third-order valence-electron chi connectivity index (χ3n) is 7.64. The van der Waals surface area contributed by atoms with Crippen molar-refractivity contribution in [3.63, 3.8) is 0 Å². The van der Waals surface area contributed by atoms with Gasteiger partial charge in [-0.05, 0) is 44.9 Å². The van der Waals surface area contributed by atoms with E-state index in [1.54, 1.807) is 0 Å². The van der Waals surface area contributed by atoms with Gasteiger partial charge < -0.3 is 23.8 Å². The Bertz CT molecular complexity index is 1210. The van der Waals surface area contributed by atoms with Crippen LogP contribution in [0.4, 0.5) is 0 Å². The Kier molecular flexibility index (Phi) is 31.5. The molecule has 0 saturated heterocycles. The number of carboxylic acids is 1. The summed E-state index contributed by atoms with van der Waals surface area (Å²) in [6.07, 6.45) is 45.7. The minimum atomic E-state index is -0.896. The number of carbonyl (C=O) groups excluding carboxylic acids is 2. The average Bonchev–Trinajstić information content (AvgIpc) is 3.09. The minimum Gasteiger partial charge on any atom is -0.477 e. The van der Waals surface area contributed by atoms with Gasteiger partial charge in [-0.15, -0.1) is 0 Å². The van der Waals surface area contributed by atoms with Crippen LogP contribution in [0.1, 0.15) is 97.3 Å². The average molecular weight is 723 g/mol. The lowest BCUT2D eigenvalue weighted by molar-refractivity contribution is -0.887. The lowest BCUT2D eigenvalue weighted by atomic mass is 10.1. The second kappa shape index (κ2) is 34.1. The lowest BCUT2D eigenvalue weighted by Crippen LogP contribution is -2.50. The predicted octanol–water partition coefficient (Wildman–Crippen LogP) is 9.73. The van der Waals surface area contributed by atoms with Crippen LogP contribution in [-0.2, 0) is 28.6 Å². The first-order valence-corrected chi connectivity index (χ1v) is 19.0. The van der Waals surface area contributed by atoms with E-state index < -0.39 is 18.1 Å². The highest BCUT2D eigenvalue weighted by Gasteiger charge is 2.31. The fourth-order valence-electron chi connectivity index (χ4n) is 4.72. The Hall–Kier alpha value is -4.01. The zero-order valence-electron chi connectivity index (χ0n) is 32.7. The van der Waals surface area contributed by atoms with Crippen LogP contribution in [0.25, 0.3) is 0 Å².